The average molecular weight is 719 g/mol. The third kappa shape index (κ3) is 9.93. The minimum Gasteiger partial charge on any atom is -0.480 e. The number of aromatic nitrogens is 3. The zero-order chi connectivity index (χ0) is 35.9. The first-order valence-corrected chi connectivity index (χ1v) is 16.2. The van der Waals surface area contributed by atoms with E-state index in [-0.39, 0.29) is 30.4 Å². The number of benzene rings is 2. The van der Waals surface area contributed by atoms with E-state index < -0.39 is 54.1 Å². The highest BCUT2D eigenvalue weighted by Gasteiger charge is 2.45. The molecule has 5 rings (SSSR count). The third-order valence-corrected chi connectivity index (χ3v) is 8.29. The molecular weight excluding hydrogens is 685 g/mol. The number of nitrogens with zero attached hydrogens (tertiary/aromatic N) is 4. The lowest BCUT2D eigenvalue weighted by Gasteiger charge is -2.26. The molecular formula is C32H34ClF3N8O6. The van der Waals surface area contributed by atoms with Gasteiger partial charge < -0.3 is 36.0 Å². The van der Waals surface area contributed by atoms with Crippen LogP contribution in [0.5, 0.6) is 6.01 Å². The lowest BCUT2D eigenvalue weighted by atomic mass is 10.1. The first kappa shape index (κ1) is 36.1. The number of carbonyl (C=O) groups excluding carboxylic acids is 3. The fraction of sp³-hybridized carbons (Fsp3) is 0.406. The van der Waals surface area contributed by atoms with Gasteiger partial charge in [0.15, 0.2) is 6.61 Å². The number of ether oxygens (including phenoxy) is 1. The summed E-state index contributed by atoms with van der Waals surface area (Å²) >= 11 is 6.01. The minimum absolute atomic E-state index is 0.0187. The number of nitrogens with one attached hydrogen (secondary N) is 4. The Bertz CT molecular complexity index is 1700. The van der Waals surface area contributed by atoms with E-state index in [1.54, 1.807) is 12.1 Å². The molecule has 1 atom stereocenters. The van der Waals surface area contributed by atoms with Crippen molar-refractivity contribution < 1.29 is 42.2 Å². The maximum atomic E-state index is 12.9. The van der Waals surface area contributed by atoms with E-state index in [4.69, 9.17) is 16.3 Å². The zero-order valence-electron chi connectivity index (χ0n) is 26.6. The summed E-state index contributed by atoms with van der Waals surface area (Å²) < 4.78 is 43.5. The van der Waals surface area contributed by atoms with Gasteiger partial charge in [0.25, 0.3) is 5.91 Å². The molecule has 266 valence electrons. The highest BCUT2D eigenvalue weighted by atomic mass is 35.5. The number of alkyl halides is 3. The van der Waals surface area contributed by atoms with Gasteiger partial charge in [0.2, 0.25) is 11.9 Å². The highest BCUT2D eigenvalue weighted by Crippen LogP contribution is 2.48. The van der Waals surface area contributed by atoms with Gasteiger partial charge >= 0.3 is 30.0 Å². The van der Waals surface area contributed by atoms with Gasteiger partial charge in [-0.3, -0.25) is 14.4 Å². The van der Waals surface area contributed by atoms with Crippen molar-refractivity contribution in [3.8, 4) is 6.01 Å². The standard InChI is InChI=1S/C32H34ClF3N8O6/c33-21-8-6-20(7-9-21)31(13-14-31)43-29-40-28(41-30(42-29)50-18-32(34,35)36)38-22-10-4-19(5-11-22)24(45)37-15-12-23(27(48)49)39-25(46)26(47)44-16-2-1-3-17-44/h4-11,23H,1-3,12-18H2,(H,37,45)(H,39,46)(H,48,49)(H2,38,40,41,42,43)/t23-/m1/s1. The molecule has 0 bridgehead atoms. The first-order chi connectivity index (χ1) is 23.8. The second-order valence-corrected chi connectivity index (χ2v) is 12.3. The van der Waals surface area contributed by atoms with Gasteiger partial charge in [-0.05, 0) is 80.5 Å². The number of anilines is 3. The van der Waals surface area contributed by atoms with Crippen LogP contribution in [0.2, 0.25) is 5.02 Å². The van der Waals surface area contributed by atoms with Crippen LogP contribution in [0.15, 0.2) is 48.5 Å². The van der Waals surface area contributed by atoms with Crippen molar-refractivity contribution in [3.63, 3.8) is 0 Å². The smallest absolute Gasteiger partial charge is 0.422 e. The lowest BCUT2D eigenvalue weighted by Crippen LogP contribution is -2.50. The number of aliphatic carboxylic acids is 1. The number of rotatable bonds is 13. The summed E-state index contributed by atoms with van der Waals surface area (Å²) in [6, 6.07) is 11.1. The Labute approximate surface area is 289 Å². The van der Waals surface area contributed by atoms with Gasteiger partial charge in [-0.2, -0.15) is 28.1 Å². The molecule has 1 saturated heterocycles. The Morgan fingerprint density at radius 3 is 2.22 bits per heavy atom. The third-order valence-electron chi connectivity index (χ3n) is 8.04. The molecule has 3 aromatic rings. The van der Waals surface area contributed by atoms with Crippen LogP contribution >= 0.6 is 11.6 Å². The Morgan fingerprint density at radius 1 is 0.940 bits per heavy atom. The maximum absolute atomic E-state index is 12.9. The van der Waals surface area contributed by atoms with Crippen LogP contribution in [-0.4, -0.2) is 87.1 Å². The summed E-state index contributed by atoms with van der Waals surface area (Å²) in [4.78, 5) is 62.8. The van der Waals surface area contributed by atoms with E-state index in [9.17, 15) is 37.5 Å². The summed E-state index contributed by atoms with van der Waals surface area (Å²) in [7, 11) is 0. The van der Waals surface area contributed by atoms with Crippen molar-refractivity contribution in [2.45, 2.75) is 56.3 Å². The van der Waals surface area contributed by atoms with Gasteiger partial charge in [0.05, 0.1) is 5.54 Å². The predicted molar refractivity (Wildman–Crippen MR) is 174 cm³/mol. The number of halogens is 4. The van der Waals surface area contributed by atoms with Gasteiger partial charge in [-0.1, -0.05) is 23.7 Å². The Balaban J connectivity index is 1.19. The van der Waals surface area contributed by atoms with Crippen LogP contribution < -0.4 is 26.0 Å². The molecule has 1 saturated carbocycles. The van der Waals surface area contributed by atoms with Crippen molar-refractivity contribution in [3.05, 3.63) is 64.7 Å². The van der Waals surface area contributed by atoms with Crippen molar-refractivity contribution in [1.82, 2.24) is 30.5 Å². The van der Waals surface area contributed by atoms with Crippen molar-refractivity contribution >= 4 is 52.9 Å². The van der Waals surface area contributed by atoms with E-state index in [1.165, 1.54) is 29.2 Å². The molecule has 2 aliphatic rings. The molecule has 2 aromatic carbocycles. The van der Waals surface area contributed by atoms with Crippen LogP contribution in [0, 0.1) is 0 Å². The van der Waals surface area contributed by atoms with Gasteiger partial charge in [0.1, 0.15) is 6.04 Å². The first-order valence-electron chi connectivity index (χ1n) is 15.8. The van der Waals surface area contributed by atoms with Gasteiger partial charge in [-0.25, -0.2) is 4.79 Å². The maximum Gasteiger partial charge on any atom is 0.422 e. The van der Waals surface area contributed by atoms with E-state index in [0.717, 1.165) is 37.7 Å². The predicted octanol–water partition coefficient (Wildman–Crippen LogP) is 4.01. The summed E-state index contributed by atoms with van der Waals surface area (Å²) in [5, 5.41) is 20.9. The highest BCUT2D eigenvalue weighted by molar-refractivity contribution is 6.35. The van der Waals surface area contributed by atoms with Crippen LogP contribution in [0.3, 0.4) is 0 Å². The molecule has 1 aromatic heterocycles. The molecule has 50 heavy (non-hydrogen) atoms. The molecule has 2 fully saturated rings. The van der Waals surface area contributed by atoms with Crippen molar-refractivity contribution in [1.29, 1.82) is 0 Å². The Morgan fingerprint density at radius 2 is 1.60 bits per heavy atom. The van der Waals surface area contributed by atoms with Crippen LogP contribution in [0.4, 0.5) is 30.8 Å². The van der Waals surface area contributed by atoms with Crippen LogP contribution in [-0.2, 0) is 19.9 Å². The molecule has 0 unspecified atom stereocenters. The Hall–Kier alpha value is -5.19. The fourth-order valence-corrected chi connectivity index (χ4v) is 5.38. The number of carbonyl (C=O) groups is 4. The summed E-state index contributed by atoms with van der Waals surface area (Å²) in [6.45, 7) is -0.859. The zero-order valence-corrected chi connectivity index (χ0v) is 27.3. The molecule has 1 aliphatic carbocycles. The lowest BCUT2D eigenvalue weighted by molar-refractivity contribution is -0.154. The normalized spacial score (nSPS) is 15.7. The molecule has 3 amide bonds. The topological polar surface area (TPSA) is 188 Å². The Kier molecular flexibility index (Phi) is 11.2. The number of carboxylic acids is 1. The van der Waals surface area contributed by atoms with E-state index in [0.29, 0.717) is 23.8 Å². The van der Waals surface area contributed by atoms with E-state index in [1.807, 2.05) is 12.1 Å². The largest absolute Gasteiger partial charge is 0.480 e. The van der Waals surface area contributed by atoms with Gasteiger partial charge in [-0.15, -0.1) is 0 Å². The van der Waals surface area contributed by atoms with E-state index >= 15 is 0 Å². The minimum atomic E-state index is -4.63. The molecule has 14 nitrogen and oxygen atoms in total. The van der Waals surface area contributed by atoms with Crippen LogP contribution in [0.1, 0.15) is 54.4 Å². The number of likely N-dealkylation sites (tertiary alicyclic amines) is 1. The average Bonchev–Trinajstić information content (AvgIpc) is 3.87. The monoisotopic (exact) mass is 718 g/mol. The summed E-state index contributed by atoms with van der Waals surface area (Å²) in [5.74, 6) is -3.83. The number of amides is 3. The van der Waals surface area contributed by atoms with Crippen molar-refractivity contribution in [2.24, 2.45) is 0 Å². The molecule has 1 aliphatic heterocycles. The quantitative estimate of drug-likeness (QED) is 0.161. The molecule has 0 spiro atoms. The summed E-state index contributed by atoms with van der Waals surface area (Å²) in [6.07, 6.45) is -0.864. The number of hydrogen-bond donors (Lipinski definition) is 5. The molecule has 18 heteroatoms. The fourth-order valence-electron chi connectivity index (χ4n) is 5.26. The summed E-state index contributed by atoms with van der Waals surface area (Å²) in [5.41, 5.74) is 0.943. The molecule has 0 radical (unpaired) electrons. The second kappa shape index (κ2) is 15.6. The number of carboxylic acid groups (broad SMARTS) is 1. The van der Waals surface area contributed by atoms with Crippen LogP contribution in [0.25, 0.3) is 0 Å². The van der Waals surface area contributed by atoms with Crippen molar-refractivity contribution in [2.75, 3.05) is 36.9 Å². The molecule has 2 heterocycles. The number of piperidine rings is 1. The second-order valence-electron chi connectivity index (χ2n) is 11.8. The SMILES string of the molecule is O=C(N[C@H](CCNC(=O)c1ccc(Nc2nc(NC3(c4ccc(Cl)cc4)CC3)nc(OCC(F)(F)F)n2)cc1)C(=O)O)C(=O)N1CCCCC1. The number of hydrogen-bond acceptors (Lipinski definition) is 10. The van der Waals surface area contributed by atoms with Gasteiger partial charge in [0, 0.05) is 35.9 Å². The molecule has 5 N–H and O–H groups in total. The van der Waals surface area contributed by atoms with E-state index in [2.05, 4.69) is 36.2 Å².